The number of rotatable bonds is 17. The average molecular weight is 1180 g/mol. The molecule has 414 valence electrons. The smallest absolute Gasteiger partial charge is 0.411 e. The summed E-state index contributed by atoms with van der Waals surface area (Å²) in [7, 11) is 3.42. The van der Waals surface area contributed by atoms with Gasteiger partial charge in [0.15, 0.2) is 21.8 Å². The fraction of sp³-hybridized carbons (Fsp3) is 0.593. The number of ether oxygens (including phenoxy) is 5. The molecule has 5 aromatic rings. The Balaban J connectivity index is 0.880. The van der Waals surface area contributed by atoms with Crippen molar-refractivity contribution in [1.82, 2.24) is 54.3 Å². The molecular weight excluding hydrogens is 1110 g/mol. The number of amides is 1. The molecular formula is C54H70IN11O11. The number of methoxy groups -OCH3 is 1. The molecule has 4 fully saturated rings. The molecule has 0 aliphatic carbocycles. The summed E-state index contributed by atoms with van der Waals surface area (Å²) in [4.78, 5) is 70.0. The van der Waals surface area contributed by atoms with E-state index in [4.69, 9.17) is 23.7 Å². The Hall–Kier alpha value is -5.57. The number of pyridine rings is 1. The molecule has 1 aromatic carbocycles. The number of Topliss-reactive ketones (excluding diaryl/α,β-unsaturated/α-hetero) is 2. The first kappa shape index (κ1) is 56.2. The standard InChI is InChI=1S/C54H70IN11O11/c1-31-24-53(5,73-8)48(75-50-46(70)42(23-32(2)74-50)62(7)21-18-37-26-64(60-58-37)22-17-35-13-15-39(16-14-35)65-27-38(29-67)59-61-65)33(3)45(69)34(4)49(71)76-51(55)54(6)47-43(44(31)68)41(66(47)52(72)77-54)12-10-20-63-28-40(57-30-63)36-11-9-19-56-25-36/h9,11,13-16,19,25-28,30-34,41-43,46-48,50-51,67,70H,10,12,17-18,20-24,29H2,1-8H3/t31-,32-,33+,34-,41?,42+,43+,46-,47-,48-,50+,51+,53-,54+/m1/s1. The number of alkyl halides is 1. The van der Waals surface area contributed by atoms with Gasteiger partial charge in [-0.3, -0.25) is 28.9 Å². The Labute approximate surface area is 461 Å². The molecule has 4 aliphatic heterocycles. The second kappa shape index (κ2) is 23.4. The van der Waals surface area contributed by atoms with E-state index in [0.717, 1.165) is 34.6 Å². The van der Waals surface area contributed by atoms with E-state index in [1.54, 1.807) is 55.3 Å². The highest BCUT2D eigenvalue weighted by Crippen LogP contribution is 2.53. The van der Waals surface area contributed by atoms with Crippen LogP contribution in [0.4, 0.5) is 4.79 Å². The molecule has 0 spiro atoms. The summed E-state index contributed by atoms with van der Waals surface area (Å²) < 4.78 is 36.0. The highest BCUT2D eigenvalue weighted by atomic mass is 127. The molecule has 1 unspecified atom stereocenters. The maximum Gasteiger partial charge on any atom is 0.411 e. The van der Waals surface area contributed by atoms with Gasteiger partial charge in [-0.2, -0.15) is 0 Å². The highest BCUT2D eigenvalue weighted by Gasteiger charge is 2.70. The molecule has 0 radical (unpaired) electrons. The van der Waals surface area contributed by atoms with E-state index in [1.807, 2.05) is 102 Å². The summed E-state index contributed by atoms with van der Waals surface area (Å²) in [5.41, 5.74) is 2.15. The first-order chi connectivity index (χ1) is 36.8. The zero-order chi connectivity index (χ0) is 54.9. The Morgan fingerprint density at radius 3 is 2.43 bits per heavy atom. The van der Waals surface area contributed by atoms with Crippen molar-refractivity contribution in [3.05, 3.63) is 90.7 Å². The first-order valence-corrected chi connectivity index (χ1v) is 27.7. The zero-order valence-electron chi connectivity index (χ0n) is 44.8. The largest absolute Gasteiger partial charge is 0.447 e. The number of imidazole rings is 1. The van der Waals surface area contributed by atoms with Crippen molar-refractivity contribution in [2.75, 3.05) is 20.7 Å². The van der Waals surface area contributed by atoms with Crippen molar-refractivity contribution in [1.29, 1.82) is 0 Å². The van der Waals surface area contributed by atoms with Crippen LogP contribution in [0.25, 0.3) is 16.9 Å². The molecule has 4 saturated heterocycles. The maximum absolute atomic E-state index is 15.2. The van der Waals surface area contributed by atoms with Gasteiger partial charge in [0.1, 0.15) is 23.5 Å². The van der Waals surface area contributed by atoms with Crippen molar-refractivity contribution in [3.63, 3.8) is 0 Å². The summed E-state index contributed by atoms with van der Waals surface area (Å²) >= 11 is 1.93. The molecule has 1 amide bonds. The van der Waals surface area contributed by atoms with Gasteiger partial charge >= 0.3 is 12.1 Å². The summed E-state index contributed by atoms with van der Waals surface area (Å²) in [5, 5.41) is 38.3. The summed E-state index contributed by atoms with van der Waals surface area (Å²) in [6.45, 7) is 11.9. The monoisotopic (exact) mass is 1180 g/mol. The van der Waals surface area contributed by atoms with E-state index in [9.17, 15) is 24.6 Å². The van der Waals surface area contributed by atoms with Gasteiger partial charge in [0.2, 0.25) is 0 Å². The number of likely N-dealkylation sites (N-methyl/N-ethyl adjacent to an activating group) is 1. The Morgan fingerprint density at radius 1 is 0.948 bits per heavy atom. The van der Waals surface area contributed by atoms with Gasteiger partial charge in [-0.1, -0.05) is 36.4 Å². The number of aliphatic hydroxyl groups is 2. The van der Waals surface area contributed by atoms with Gasteiger partial charge in [0, 0.05) is 87.4 Å². The van der Waals surface area contributed by atoms with Crippen LogP contribution in [-0.2, 0) is 70.6 Å². The number of carbonyl (C=O) groups is 4. The number of aliphatic hydroxyl groups excluding tert-OH is 2. The molecule has 0 bridgehead atoms. The molecule has 4 aromatic heterocycles. The Morgan fingerprint density at radius 2 is 1.71 bits per heavy atom. The van der Waals surface area contributed by atoms with Gasteiger partial charge in [-0.05, 0) is 119 Å². The topological polar surface area (TPSA) is 253 Å². The van der Waals surface area contributed by atoms with Crippen LogP contribution in [0.5, 0.6) is 0 Å². The molecule has 77 heavy (non-hydrogen) atoms. The molecule has 8 heterocycles. The minimum atomic E-state index is -1.40. The van der Waals surface area contributed by atoms with Crippen LogP contribution in [0.1, 0.15) is 84.2 Å². The number of hydrogen-bond donors (Lipinski definition) is 2. The lowest BCUT2D eigenvalue weighted by atomic mass is 9.66. The van der Waals surface area contributed by atoms with Gasteiger partial charge in [0.25, 0.3) is 0 Å². The summed E-state index contributed by atoms with van der Waals surface area (Å²) in [5.74, 6) is -5.09. The van der Waals surface area contributed by atoms with Gasteiger partial charge in [-0.15, -0.1) is 10.2 Å². The van der Waals surface area contributed by atoms with Crippen molar-refractivity contribution in [2.45, 2.75) is 158 Å². The van der Waals surface area contributed by atoms with Crippen molar-refractivity contribution < 1.29 is 53.1 Å². The van der Waals surface area contributed by atoms with Crippen LogP contribution >= 0.6 is 22.6 Å². The Kier molecular flexibility index (Phi) is 17.1. The average Bonchev–Trinajstić information content (AvgIpc) is 4.46. The second-order valence-electron chi connectivity index (χ2n) is 21.7. The van der Waals surface area contributed by atoms with E-state index in [2.05, 4.69) is 35.5 Å². The SMILES string of the molecule is CO[C@]1(C)C[C@@H](C)C(=O)[C@@H]2C(CCCn3cnc(-c4cccnc4)c3)N3C(=O)O[C@](C)([C@@H](I)OC(=O)[C@H](C)C(=O)[C@H](C)[C@H]1O[C@@H]1O[C@H](C)C[C@H](N(C)CCc4cn(CCc5ccc(-n6cc(CO)nn6)cc5)nn4)[C@H]1O)[C@@H]23. The number of aromatic nitrogens is 9. The molecule has 14 atom stereocenters. The third-order valence-electron chi connectivity index (χ3n) is 16.3. The predicted octanol–water partition coefficient (Wildman–Crippen LogP) is 4.79. The number of hydrogen-bond acceptors (Lipinski definition) is 18. The third-order valence-corrected chi connectivity index (χ3v) is 17.8. The number of benzene rings is 1. The minimum absolute atomic E-state index is 0.0935. The number of halogens is 1. The number of nitrogens with zero attached hydrogens (tertiary/aromatic N) is 11. The molecule has 22 nitrogen and oxygen atoms in total. The maximum atomic E-state index is 15.2. The summed E-state index contributed by atoms with van der Waals surface area (Å²) in [6, 6.07) is 10.0. The second-order valence-corrected chi connectivity index (χ2v) is 22.8. The van der Waals surface area contributed by atoms with Crippen molar-refractivity contribution >= 4 is 46.2 Å². The third kappa shape index (κ3) is 11.6. The van der Waals surface area contributed by atoms with Crippen molar-refractivity contribution in [3.8, 4) is 16.9 Å². The van der Waals surface area contributed by atoms with E-state index >= 15 is 4.79 Å². The highest BCUT2D eigenvalue weighted by molar-refractivity contribution is 14.1. The predicted molar refractivity (Wildman–Crippen MR) is 285 cm³/mol. The quantitative estimate of drug-likeness (QED) is 0.0549. The number of esters is 1. The van der Waals surface area contributed by atoms with Crippen LogP contribution in [-0.4, -0.2) is 167 Å². The van der Waals surface area contributed by atoms with E-state index in [-0.39, 0.29) is 24.9 Å². The van der Waals surface area contributed by atoms with Crippen molar-refractivity contribution in [2.24, 2.45) is 23.7 Å². The van der Waals surface area contributed by atoms with E-state index in [0.29, 0.717) is 51.0 Å². The molecule has 2 N–H and O–H groups in total. The van der Waals surface area contributed by atoms with Crippen LogP contribution in [0.15, 0.2) is 73.7 Å². The van der Waals surface area contributed by atoms with E-state index < -0.39 is 93.5 Å². The number of aryl methyl sites for hydroxylation is 3. The fourth-order valence-electron chi connectivity index (χ4n) is 11.7. The zero-order valence-corrected chi connectivity index (χ0v) is 47.0. The van der Waals surface area contributed by atoms with Gasteiger partial charge < -0.3 is 43.4 Å². The van der Waals surface area contributed by atoms with Crippen LogP contribution in [0.2, 0.25) is 0 Å². The number of ketones is 2. The lowest BCUT2D eigenvalue weighted by Gasteiger charge is -2.54. The van der Waals surface area contributed by atoms with Crippen LogP contribution in [0, 0.1) is 23.7 Å². The van der Waals surface area contributed by atoms with Crippen LogP contribution < -0.4 is 0 Å². The normalized spacial score (nSPS) is 31.9. The molecule has 4 aliphatic rings. The molecule has 9 rings (SSSR count). The fourth-order valence-corrected chi connectivity index (χ4v) is 12.5. The lowest BCUT2D eigenvalue weighted by molar-refractivity contribution is -0.296. The number of carbonyl (C=O) groups excluding carboxylic acids is 4. The molecule has 0 saturated carbocycles. The summed E-state index contributed by atoms with van der Waals surface area (Å²) in [6.07, 6.45) is 9.23. The van der Waals surface area contributed by atoms with Crippen LogP contribution in [0.3, 0.4) is 0 Å². The van der Waals surface area contributed by atoms with Gasteiger partial charge in [-0.25, -0.2) is 14.5 Å². The Bertz CT molecular complexity index is 2870. The molecule has 23 heteroatoms. The van der Waals surface area contributed by atoms with Gasteiger partial charge in [0.05, 0.1) is 66.0 Å². The lowest BCUT2D eigenvalue weighted by Crippen LogP contribution is -2.71. The first-order valence-electron chi connectivity index (χ1n) is 26.4. The minimum Gasteiger partial charge on any atom is -0.447 e. The number of cyclic esters (lactones) is 1. The van der Waals surface area contributed by atoms with E-state index in [1.165, 1.54) is 14.0 Å².